The summed E-state index contributed by atoms with van der Waals surface area (Å²) in [6, 6.07) is 4.96. The molecule has 1 atom stereocenters. The van der Waals surface area contributed by atoms with Gasteiger partial charge in [0.2, 0.25) is 20.0 Å². The molecule has 1 aromatic heterocycles. The fourth-order valence-corrected chi connectivity index (χ4v) is 5.51. The molecule has 13 nitrogen and oxygen atoms in total. The molecule has 3 rings (SSSR count). The molecule has 31 heavy (non-hydrogen) atoms. The van der Waals surface area contributed by atoms with Crippen LogP contribution in [0.5, 0.6) is 0 Å². The van der Waals surface area contributed by atoms with Crippen LogP contribution in [-0.2, 0) is 20.0 Å². The van der Waals surface area contributed by atoms with Crippen molar-refractivity contribution in [2.24, 2.45) is 31.8 Å². The highest BCUT2D eigenvalue weighted by atomic mass is 32.2. The first-order valence-corrected chi connectivity index (χ1v) is 11.9. The first kappa shape index (κ1) is 22.9. The van der Waals surface area contributed by atoms with Gasteiger partial charge in [-0.15, -0.1) is 5.11 Å². The molecule has 1 aliphatic rings. The van der Waals surface area contributed by atoms with Gasteiger partial charge in [-0.05, 0) is 23.8 Å². The number of anilines is 1. The number of aliphatic imine (C=N–C) groups is 1. The Bertz CT molecular complexity index is 1260. The van der Waals surface area contributed by atoms with E-state index >= 15 is 0 Å². The van der Waals surface area contributed by atoms with Crippen molar-refractivity contribution in [1.29, 1.82) is 0 Å². The topological polar surface area (TPSA) is 234 Å². The fourth-order valence-electron chi connectivity index (χ4n) is 2.82. The second-order valence-corrected chi connectivity index (χ2v) is 9.78. The van der Waals surface area contributed by atoms with Crippen LogP contribution < -0.4 is 27.1 Å². The third-order valence-corrected chi connectivity index (χ3v) is 6.89. The molecule has 2 heterocycles. The van der Waals surface area contributed by atoms with Crippen molar-refractivity contribution in [1.82, 2.24) is 9.71 Å². The molecule has 9 N–H and O–H groups in total. The zero-order chi connectivity index (χ0) is 22.8. The Morgan fingerprint density at radius 2 is 1.87 bits per heavy atom. The standard InChI is InChI=1S/C16H21N9O4S2/c17-5-10(18)7-24-31(28,29)12-3-2-11(9-1-4-13(19)21-6-9)14(15(12)30(20,26)27)16-22-8-23-25-16/h1-4,6,10,24H,5,7-8,17-18H2,(H2,19,21)(H2,20,26,27)/t10-/m0/s1. The summed E-state index contributed by atoms with van der Waals surface area (Å²) in [5.41, 5.74) is 17.3. The summed E-state index contributed by atoms with van der Waals surface area (Å²) >= 11 is 0. The highest BCUT2D eigenvalue weighted by Crippen LogP contribution is 2.34. The Morgan fingerprint density at radius 3 is 2.42 bits per heavy atom. The molecule has 0 radical (unpaired) electrons. The maximum atomic E-state index is 12.9. The Hall–Kier alpha value is -2.82. The number of nitrogens with two attached hydrogens (primary N) is 4. The van der Waals surface area contributed by atoms with Gasteiger partial charge < -0.3 is 17.2 Å². The lowest BCUT2D eigenvalue weighted by molar-refractivity contribution is 0.563. The molecule has 166 valence electrons. The van der Waals surface area contributed by atoms with Gasteiger partial charge in [0, 0.05) is 30.9 Å². The van der Waals surface area contributed by atoms with Crippen molar-refractivity contribution in [3.8, 4) is 11.1 Å². The quantitative estimate of drug-likeness (QED) is 0.312. The zero-order valence-corrected chi connectivity index (χ0v) is 17.8. The lowest BCUT2D eigenvalue weighted by Gasteiger charge is -2.18. The van der Waals surface area contributed by atoms with Gasteiger partial charge >= 0.3 is 0 Å². The number of azo groups is 1. The van der Waals surface area contributed by atoms with Crippen molar-refractivity contribution in [3.63, 3.8) is 0 Å². The van der Waals surface area contributed by atoms with Gasteiger partial charge in [-0.1, -0.05) is 6.07 Å². The monoisotopic (exact) mass is 467 g/mol. The zero-order valence-electron chi connectivity index (χ0n) is 16.1. The number of amidine groups is 1. The van der Waals surface area contributed by atoms with Crippen LogP contribution in [0.15, 0.2) is 55.5 Å². The van der Waals surface area contributed by atoms with Gasteiger partial charge in [0.1, 0.15) is 15.6 Å². The van der Waals surface area contributed by atoms with E-state index in [0.29, 0.717) is 5.56 Å². The molecule has 15 heteroatoms. The van der Waals surface area contributed by atoms with Crippen molar-refractivity contribution in [2.45, 2.75) is 15.8 Å². The molecule has 0 fully saturated rings. The minimum absolute atomic E-state index is 0.0239. The van der Waals surface area contributed by atoms with E-state index in [-0.39, 0.29) is 42.5 Å². The van der Waals surface area contributed by atoms with Crippen molar-refractivity contribution >= 4 is 31.7 Å². The Kier molecular flexibility index (Phi) is 6.44. The maximum absolute atomic E-state index is 12.9. The van der Waals surface area contributed by atoms with Gasteiger partial charge in [0.05, 0.1) is 5.56 Å². The number of rotatable bonds is 8. The van der Waals surface area contributed by atoms with E-state index in [1.54, 1.807) is 6.07 Å². The second kappa shape index (κ2) is 8.74. The number of nitrogens with one attached hydrogen (secondary N) is 1. The predicted molar refractivity (Wildman–Crippen MR) is 114 cm³/mol. The minimum Gasteiger partial charge on any atom is -0.384 e. The van der Waals surface area contributed by atoms with Gasteiger partial charge in [-0.3, -0.25) is 0 Å². The average Bonchev–Trinajstić information content (AvgIpc) is 3.25. The van der Waals surface area contributed by atoms with Crippen LogP contribution >= 0.6 is 0 Å². The molecule has 0 amide bonds. The Balaban J connectivity index is 2.31. The highest BCUT2D eigenvalue weighted by molar-refractivity contribution is 7.92. The van der Waals surface area contributed by atoms with E-state index in [4.69, 9.17) is 22.3 Å². The smallest absolute Gasteiger partial charge is 0.241 e. The molecular weight excluding hydrogens is 446 g/mol. The molecule has 0 spiro atoms. The van der Waals surface area contributed by atoms with Crippen molar-refractivity contribution in [3.05, 3.63) is 36.0 Å². The highest BCUT2D eigenvalue weighted by Gasteiger charge is 2.32. The number of benzene rings is 1. The van der Waals surface area contributed by atoms with E-state index in [2.05, 4.69) is 24.9 Å². The normalized spacial score (nSPS) is 15.1. The van der Waals surface area contributed by atoms with E-state index in [1.807, 2.05) is 0 Å². The SMILES string of the molecule is NC[C@H](N)CNS(=O)(=O)c1ccc(-c2ccc(N)nc2)c(C2=NCN=N2)c1S(N)(=O)=O. The second-order valence-electron chi connectivity index (χ2n) is 6.54. The van der Waals surface area contributed by atoms with Crippen LogP contribution in [0.1, 0.15) is 5.56 Å². The summed E-state index contributed by atoms with van der Waals surface area (Å²) in [6.07, 6.45) is 1.40. The number of hydrogen-bond donors (Lipinski definition) is 5. The first-order chi connectivity index (χ1) is 14.5. The molecule has 0 saturated carbocycles. The molecule has 0 aliphatic carbocycles. The van der Waals surface area contributed by atoms with Crippen LogP contribution in [0, 0.1) is 0 Å². The number of sulfonamides is 2. The van der Waals surface area contributed by atoms with Gasteiger partial charge in [0.25, 0.3) is 0 Å². The molecule has 0 bridgehead atoms. The molecule has 1 aliphatic heterocycles. The van der Waals surface area contributed by atoms with E-state index < -0.39 is 35.9 Å². The summed E-state index contributed by atoms with van der Waals surface area (Å²) < 4.78 is 53.3. The lowest BCUT2D eigenvalue weighted by atomic mass is 10.00. The summed E-state index contributed by atoms with van der Waals surface area (Å²) in [7, 11) is -8.91. The van der Waals surface area contributed by atoms with Gasteiger partial charge in [-0.25, -0.2) is 36.7 Å². The van der Waals surface area contributed by atoms with Gasteiger partial charge in [-0.2, -0.15) is 5.11 Å². The number of hydrogen-bond acceptors (Lipinski definition) is 11. The van der Waals surface area contributed by atoms with E-state index in [1.165, 1.54) is 18.3 Å². The van der Waals surface area contributed by atoms with Crippen molar-refractivity contribution in [2.75, 3.05) is 25.5 Å². The summed E-state index contributed by atoms with van der Waals surface area (Å²) in [4.78, 5) is 6.80. The number of pyridine rings is 1. The van der Waals surface area contributed by atoms with Crippen LogP contribution in [0.25, 0.3) is 11.1 Å². The summed E-state index contributed by atoms with van der Waals surface area (Å²) in [6.45, 7) is -0.224. The van der Waals surface area contributed by atoms with Crippen LogP contribution in [-0.4, -0.2) is 53.5 Å². The van der Waals surface area contributed by atoms with E-state index in [9.17, 15) is 16.8 Å². The predicted octanol–water partition coefficient (Wildman–Crippen LogP) is -1.29. The van der Waals surface area contributed by atoms with Crippen LogP contribution in [0.3, 0.4) is 0 Å². The third-order valence-electron chi connectivity index (χ3n) is 4.30. The lowest BCUT2D eigenvalue weighted by Crippen LogP contribution is -2.42. The summed E-state index contributed by atoms with van der Waals surface area (Å²) in [5, 5.41) is 13.0. The molecular formula is C16H21N9O4S2. The Morgan fingerprint density at radius 1 is 1.13 bits per heavy atom. The minimum atomic E-state index is -4.57. The van der Waals surface area contributed by atoms with Crippen LogP contribution in [0.4, 0.5) is 5.82 Å². The molecule has 0 unspecified atom stereocenters. The first-order valence-electron chi connectivity index (χ1n) is 8.84. The molecule has 2 aromatic rings. The molecule has 0 saturated heterocycles. The Labute approximate surface area is 178 Å². The maximum Gasteiger partial charge on any atom is 0.241 e. The largest absolute Gasteiger partial charge is 0.384 e. The number of nitrogens with zero attached hydrogens (tertiary/aromatic N) is 4. The third kappa shape index (κ3) is 4.92. The number of nitrogen functional groups attached to an aromatic ring is 1. The van der Waals surface area contributed by atoms with Gasteiger partial charge in [0.15, 0.2) is 12.5 Å². The van der Waals surface area contributed by atoms with Crippen LogP contribution in [0.2, 0.25) is 0 Å². The number of aromatic nitrogens is 1. The van der Waals surface area contributed by atoms with Crippen molar-refractivity contribution < 1.29 is 16.8 Å². The number of primary sulfonamides is 1. The fraction of sp³-hybridized carbons (Fsp3) is 0.250. The summed E-state index contributed by atoms with van der Waals surface area (Å²) in [5.74, 6) is 0.168. The van der Waals surface area contributed by atoms with E-state index in [0.717, 1.165) is 6.07 Å². The average molecular weight is 468 g/mol. The molecule has 1 aromatic carbocycles.